The molecule has 2 atom stereocenters. The van der Waals surface area contributed by atoms with Crippen LogP contribution in [0.15, 0.2) is 42.1 Å². The van der Waals surface area contributed by atoms with E-state index in [0.717, 1.165) is 11.3 Å². The van der Waals surface area contributed by atoms with Crippen LogP contribution < -0.4 is 10.1 Å². The van der Waals surface area contributed by atoms with Crippen LogP contribution >= 0.6 is 0 Å². The fourth-order valence-corrected chi connectivity index (χ4v) is 3.63. The number of likely N-dealkylation sites (tertiary alicyclic amines) is 1. The number of methoxy groups -OCH3 is 2. The molecule has 166 valence electrons. The zero-order chi connectivity index (χ0) is 22.4. The number of rotatable bonds is 8. The van der Waals surface area contributed by atoms with Crippen molar-refractivity contribution in [3.63, 3.8) is 0 Å². The molecule has 0 radical (unpaired) electrons. The molecule has 3 rings (SSSR count). The molecule has 1 amide bonds. The normalized spacial score (nSPS) is 19.3. The van der Waals surface area contributed by atoms with Crippen molar-refractivity contribution < 1.29 is 19.1 Å². The molecular formula is C22H29N5O4. The molecule has 1 saturated heterocycles. The number of allylic oxidation sites excluding steroid dienone is 1. The number of amides is 1. The van der Waals surface area contributed by atoms with Crippen molar-refractivity contribution in [2.24, 2.45) is 0 Å². The van der Waals surface area contributed by atoms with E-state index < -0.39 is 5.97 Å². The molecule has 1 fully saturated rings. The molecule has 31 heavy (non-hydrogen) atoms. The standard InChI is InChI=1S/C22H29N5O4/c1-5-15(2)12-26-13-17(27-14-19(24-25-27)22(29)31-4)10-20(26)21(28)23-11-16-6-8-18(30-3)9-7-16/h5-9,14,17,20H,10-13H2,1-4H3,(H,23,28)/t17-,20-/m0/s1. The summed E-state index contributed by atoms with van der Waals surface area (Å²) in [4.78, 5) is 26.9. The molecule has 0 spiro atoms. The molecule has 2 aromatic rings. The van der Waals surface area contributed by atoms with Gasteiger partial charge in [-0.1, -0.05) is 29.0 Å². The molecule has 1 aliphatic heterocycles. The smallest absolute Gasteiger partial charge is 0.360 e. The highest BCUT2D eigenvalue weighted by molar-refractivity contribution is 5.86. The van der Waals surface area contributed by atoms with E-state index in [1.165, 1.54) is 12.7 Å². The van der Waals surface area contributed by atoms with Gasteiger partial charge in [-0.15, -0.1) is 5.10 Å². The zero-order valence-corrected chi connectivity index (χ0v) is 18.4. The third kappa shape index (κ3) is 5.49. The largest absolute Gasteiger partial charge is 0.497 e. The van der Waals surface area contributed by atoms with E-state index in [9.17, 15) is 9.59 Å². The second kappa shape index (κ2) is 10.2. The summed E-state index contributed by atoms with van der Waals surface area (Å²) in [6, 6.07) is 7.25. The Labute approximate surface area is 182 Å². The first-order valence-electron chi connectivity index (χ1n) is 10.2. The number of nitrogens with zero attached hydrogens (tertiary/aromatic N) is 4. The van der Waals surface area contributed by atoms with Crippen molar-refractivity contribution in [2.75, 3.05) is 27.3 Å². The Morgan fingerprint density at radius 3 is 2.65 bits per heavy atom. The van der Waals surface area contributed by atoms with E-state index in [1.54, 1.807) is 18.0 Å². The Kier molecular flexibility index (Phi) is 7.41. The van der Waals surface area contributed by atoms with Gasteiger partial charge in [0.1, 0.15) is 5.75 Å². The average Bonchev–Trinajstić information content (AvgIpc) is 3.44. The van der Waals surface area contributed by atoms with E-state index in [4.69, 9.17) is 9.47 Å². The number of nitrogens with one attached hydrogen (secondary N) is 1. The van der Waals surface area contributed by atoms with Gasteiger partial charge < -0.3 is 14.8 Å². The van der Waals surface area contributed by atoms with Gasteiger partial charge in [-0.3, -0.25) is 9.69 Å². The molecule has 2 heterocycles. The summed E-state index contributed by atoms with van der Waals surface area (Å²) >= 11 is 0. The molecule has 9 heteroatoms. The molecule has 1 aliphatic rings. The first-order chi connectivity index (χ1) is 14.9. The van der Waals surface area contributed by atoms with E-state index in [0.29, 0.717) is 26.1 Å². The Morgan fingerprint density at radius 2 is 2.00 bits per heavy atom. The van der Waals surface area contributed by atoms with E-state index >= 15 is 0 Å². The van der Waals surface area contributed by atoms with Gasteiger partial charge in [0, 0.05) is 19.6 Å². The van der Waals surface area contributed by atoms with Crippen LogP contribution in [0.25, 0.3) is 0 Å². The first-order valence-corrected chi connectivity index (χ1v) is 10.2. The Balaban J connectivity index is 1.69. The summed E-state index contributed by atoms with van der Waals surface area (Å²) in [6.07, 6.45) is 4.20. The molecule has 1 aromatic heterocycles. The number of esters is 1. The van der Waals surface area contributed by atoms with Crippen molar-refractivity contribution in [3.8, 4) is 5.75 Å². The van der Waals surface area contributed by atoms with E-state index in [-0.39, 0.29) is 23.7 Å². The highest BCUT2D eigenvalue weighted by atomic mass is 16.5. The lowest BCUT2D eigenvalue weighted by molar-refractivity contribution is -0.125. The molecular weight excluding hydrogens is 398 g/mol. The Morgan fingerprint density at radius 1 is 1.26 bits per heavy atom. The summed E-state index contributed by atoms with van der Waals surface area (Å²) in [5.74, 6) is 0.219. The van der Waals surface area contributed by atoms with Crippen molar-refractivity contribution >= 4 is 11.9 Å². The second-order valence-corrected chi connectivity index (χ2v) is 7.61. The molecule has 1 N–H and O–H groups in total. The van der Waals surface area contributed by atoms with Gasteiger partial charge in [-0.25, -0.2) is 9.48 Å². The van der Waals surface area contributed by atoms with Gasteiger partial charge in [0.05, 0.1) is 32.5 Å². The molecule has 1 aromatic carbocycles. The number of hydrogen-bond donors (Lipinski definition) is 1. The first kappa shape index (κ1) is 22.5. The monoisotopic (exact) mass is 427 g/mol. The fourth-order valence-electron chi connectivity index (χ4n) is 3.63. The van der Waals surface area contributed by atoms with E-state index in [1.807, 2.05) is 44.2 Å². The summed E-state index contributed by atoms with van der Waals surface area (Å²) in [7, 11) is 2.93. The average molecular weight is 428 g/mol. The van der Waals surface area contributed by atoms with Gasteiger partial charge >= 0.3 is 5.97 Å². The minimum Gasteiger partial charge on any atom is -0.497 e. The van der Waals surface area contributed by atoms with Gasteiger partial charge in [-0.2, -0.15) is 0 Å². The maximum absolute atomic E-state index is 13.0. The summed E-state index contributed by atoms with van der Waals surface area (Å²) in [5, 5.41) is 11.0. The lowest BCUT2D eigenvalue weighted by Gasteiger charge is -2.23. The summed E-state index contributed by atoms with van der Waals surface area (Å²) in [5.41, 5.74) is 2.34. The number of benzene rings is 1. The van der Waals surface area contributed by atoms with Crippen molar-refractivity contribution in [1.82, 2.24) is 25.2 Å². The predicted molar refractivity (Wildman–Crippen MR) is 115 cm³/mol. The summed E-state index contributed by atoms with van der Waals surface area (Å²) in [6.45, 7) is 5.80. The lowest BCUT2D eigenvalue weighted by Crippen LogP contribution is -2.43. The zero-order valence-electron chi connectivity index (χ0n) is 18.4. The highest BCUT2D eigenvalue weighted by Crippen LogP contribution is 2.28. The van der Waals surface area contributed by atoms with Gasteiger partial charge in [0.15, 0.2) is 5.69 Å². The Bertz CT molecular complexity index is 938. The molecule has 0 saturated carbocycles. The predicted octanol–water partition coefficient (Wildman–Crippen LogP) is 1.97. The fraction of sp³-hybridized carbons (Fsp3) is 0.455. The quantitative estimate of drug-likeness (QED) is 0.508. The number of carbonyl (C=O) groups excluding carboxylic acids is 2. The number of aromatic nitrogens is 3. The van der Waals surface area contributed by atoms with Crippen LogP contribution in [0.5, 0.6) is 5.75 Å². The maximum Gasteiger partial charge on any atom is 0.360 e. The van der Waals surface area contributed by atoms with Crippen LogP contribution in [0.1, 0.15) is 42.4 Å². The van der Waals surface area contributed by atoms with Crippen LogP contribution in [-0.4, -0.2) is 65.1 Å². The topological polar surface area (TPSA) is 98.6 Å². The third-order valence-electron chi connectivity index (χ3n) is 5.53. The van der Waals surface area contributed by atoms with Crippen molar-refractivity contribution in [2.45, 2.75) is 38.9 Å². The van der Waals surface area contributed by atoms with Gasteiger partial charge in [0.25, 0.3) is 0 Å². The maximum atomic E-state index is 13.0. The SMILES string of the molecule is CC=C(C)CN1C[C@@H](n2cc(C(=O)OC)nn2)C[C@H]1C(=O)NCc1ccc(OC)cc1. The lowest BCUT2D eigenvalue weighted by atomic mass is 10.1. The van der Waals surface area contributed by atoms with Crippen LogP contribution in [0.3, 0.4) is 0 Å². The third-order valence-corrected chi connectivity index (χ3v) is 5.53. The minimum atomic E-state index is -0.528. The molecule has 9 nitrogen and oxygen atoms in total. The van der Waals surface area contributed by atoms with Crippen molar-refractivity contribution in [1.29, 1.82) is 0 Å². The number of hydrogen-bond acceptors (Lipinski definition) is 7. The van der Waals surface area contributed by atoms with Crippen LogP contribution in [0.2, 0.25) is 0 Å². The molecule has 0 bridgehead atoms. The molecule has 0 aliphatic carbocycles. The van der Waals surface area contributed by atoms with Crippen molar-refractivity contribution in [3.05, 3.63) is 53.4 Å². The Hall–Kier alpha value is -3.20. The van der Waals surface area contributed by atoms with E-state index in [2.05, 4.69) is 20.5 Å². The molecule has 0 unspecified atom stereocenters. The minimum absolute atomic E-state index is 0.0319. The highest BCUT2D eigenvalue weighted by Gasteiger charge is 2.38. The number of carbonyl (C=O) groups is 2. The van der Waals surface area contributed by atoms with Gasteiger partial charge in [0.2, 0.25) is 5.91 Å². The van der Waals surface area contributed by atoms with Crippen LogP contribution in [0, 0.1) is 0 Å². The van der Waals surface area contributed by atoms with Gasteiger partial charge in [-0.05, 0) is 38.0 Å². The number of ether oxygens (including phenoxy) is 2. The van der Waals surface area contributed by atoms with Crippen LogP contribution in [0.4, 0.5) is 0 Å². The van der Waals surface area contributed by atoms with Crippen LogP contribution in [-0.2, 0) is 16.1 Å². The second-order valence-electron chi connectivity index (χ2n) is 7.61. The summed E-state index contributed by atoms with van der Waals surface area (Å²) < 4.78 is 11.5.